The molecule has 4 atom stereocenters. The van der Waals surface area contributed by atoms with Crippen molar-refractivity contribution in [3.63, 3.8) is 0 Å². The molecule has 1 aromatic rings. The summed E-state index contributed by atoms with van der Waals surface area (Å²) >= 11 is 0. The molecular formula is C43H77N6O11PSi. The first-order chi connectivity index (χ1) is 29.3. The van der Waals surface area contributed by atoms with E-state index in [9.17, 15) is 24.4 Å². The molecular weight excluding hydrogens is 836 g/mol. The van der Waals surface area contributed by atoms with Crippen molar-refractivity contribution >= 4 is 28.9 Å². The lowest BCUT2D eigenvalue weighted by Gasteiger charge is -2.46. The second-order valence-corrected chi connectivity index (χ2v) is 22.6. The lowest BCUT2D eigenvalue weighted by Crippen LogP contribution is -2.56. The Morgan fingerprint density at radius 2 is 1.61 bits per heavy atom. The second kappa shape index (κ2) is 27.5. The molecule has 2 rings (SSSR count). The van der Waals surface area contributed by atoms with Crippen LogP contribution in [0.3, 0.4) is 0 Å². The maximum Gasteiger partial charge on any atom is 0.343 e. The van der Waals surface area contributed by atoms with Crippen LogP contribution in [0, 0.1) is 18.3 Å². The zero-order chi connectivity index (χ0) is 46.6. The number of carbonyl (C=O) groups excluding carboxylic acids is 2. The third-order valence-electron chi connectivity index (χ3n) is 10.9. The van der Waals surface area contributed by atoms with E-state index in [2.05, 4.69) is 102 Å². The van der Waals surface area contributed by atoms with E-state index in [1.54, 1.807) is 13.8 Å². The first-order valence-electron chi connectivity index (χ1n) is 22.2. The van der Waals surface area contributed by atoms with Crippen LogP contribution < -0.4 is 21.9 Å². The number of aromatic amines is 1. The van der Waals surface area contributed by atoms with Gasteiger partial charge in [-0.3, -0.25) is 23.9 Å². The molecule has 2 amide bonds. The fraction of sp³-hybridized carbons (Fsp3) is 0.791. The highest BCUT2D eigenvalue weighted by Gasteiger charge is 2.52. The number of nitriles is 1. The van der Waals surface area contributed by atoms with Gasteiger partial charge in [-0.05, 0) is 71.9 Å². The minimum absolute atomic E-state index is 0.00914. The van der Waals surface area contributed by atoms with Crippen LogP contribution >= 0.6 is 8.53 Å². The Labute approximate surface area is 372 Å². The Kier molecular flexibility index (Phi) is 24.5. The molecule has 1 fully saturated rings. The topological polar surface area (TPSA) is 205 Å². The van der Waals surface area contributed by atoms with Crippen LogP contribution in [0.4, 0.5) is 0 Å². The van der Waals surface area contributed by atoms with E-state index in [0.29, 0.717) is 69.9 Å². The molecule has 0 spiro atoms. The Morgan fingerprint density at radius 1 is 1.02 bits per heavy atom. The smallest absolute Gasteiger partial charge is 0.343 e. The van der Waals surface area contributed by atoms with Crippen molar-refractivity contribution in [2.75, 3.05) is 52.7 Å². The van der Waals surface area contributed by atoms with Crippen LogP contribution in [0.1, 0.15) is 126 Å². The highest BCUT2D eigenvalue weighted by molar-refractivity contribution is 7.44. The van der Waals surface area contributed by atoms with Gasteiger partial charge in [0, 0.05) is 55.3 Å². The quantitative estimate of drug-likeness (QED) is 0.0326. The van der Waals surface area contributed by atoms with Crippen LogP contribution in [-0.4, -0.2) is 117 Å². The number of nitrogens with one attached hydrogen (secondary N) is 3. The van der Waals surface area contributed by atoms with Gasteiger partial charge in [-0.25, -0.2) is 9.46 Å². The molecule has 3 N–H and O–H groups in total. The number of H-pyrrole nitrogens is 1. The Bertz CT molecular complexity index is 1680. The summed E-state index contributed by atoms with van der Waals surface area (Å²) in [6.07, 6.45) is 2.08. The minimum Gasteiger partial charge on any atom is -0.391 e. The number of amides is 2. The molecule has 0 bridgehead atoms. The van der Waals surface area contributed by atoms with Gasteiger partial charge >= 0.3 is 14.3 Å². The zero-order valence-electron chi connectivity index (χ0n) is 39.5. The van der Waals surface area contributed by atoms with Gasteiger partial charge in [0.2, 0.25) is 11.8 Å². The molecule has 0 aromatic carbocycles. The van der Waals surface area contributed by atoms with Gasteiger partial charge in [-0.2, -0.15) is 5.26 Å². The first kappa shape index (κ1) is 55.3. The summed E-state index contributed by atoms with van der Waals surface area (Å²) in [7, 11) is -4.78. The van der Waals surface area contributed by atoms with Crippen molar-refractivity contribution in [2.45, 2.75) is 169 Å². The van der Waals surface area contributed by atoms with Crippen molar-refractivity contribution in [2.24, 2.45) is 0 Å². The van der Waals surface area contributed by atoms with E-state index in [0.717, 1.165) is 0 Å². The summed E-state index contributed by atoms with van der Waals surface area (Å²) < 4.78 is 48.8. The van der Waals surface area contributed by atoms with Crippen molar-refractivity contribution in [1.82, 2.24) is 24.9 Å². The molecule has 17 nitrogen and oxygen atoms in total. The van der Waals surface area contributed by atoms with Crippen LogP contribution in [-0.2, 0) is 41.7 Å². The number of rotatable bonds is 31. The predicted molar refractivity (Wildman–Crippen MR) is 243 cm³/mol. The van der Waals surface area contributed by atoms with Crippen molar-refractivity contribution < 1.29 is 41.7 Å². The fourth-order valence-electron chi connectivity index (χ4n) is 7.36. The Hall–Kier alpha value is -2.82. The first-order valence-corrected chi connectivity index (χ1v) is 25.3. The van der Waals surface area contributed by atoms with Crippen molar-refractivity contribution in [1.29, 1.82) is 5.26 Å². The average Bonchev–Trinajstić information content (AvgIpc) is 3.61. The zero-order valence-corrected chi connectivity index (χ0v) is 41.4. The van der Waals surface area contributed by atoms with Crippen LogP contribution in [0.2, 0.25) is 11.1 Å². The van der Waals surface area contributed by atoms with E-state index in [4.69, 9.17) is 32.1 Å². The number of aromatic nitrogens is 2. The number of nitrogens with zero attached hydrogens (tertiary/aromatic N) is 3. The third-order valence-corrected chi connectivity index (χ3v) is 17.7. The molecule has 1 aliphatic heterocycles. The summed E-state index contributed by atoms with van der Waals surface area (Å²) in [5, 5.41) is 15.0. The monoisotopic (exact) mass is 913 g/mol. The molecule has 1 unspecified atom stereocenters. The maximum atomic E-state index is 13.1. The molecule has 0 saturated carbocycles. The highest BCUT2D eigenvalue weighted by Crippen LogP contribution is 2.50. The molecule has 1 aromatic heterocycles. The summed E-state index contributed by atoms with van der Waals surface area (Å²) in [6.45, 7) is 30.2. The molecule has 354 valence electrons. The van der Waals surface area contributed by atoms with Gasteiger partial charge in [-0.1, -0.05) is 48.1 Å². The van der Waals surface area contributed by atoms with Gasteiger partial charge < -0.3 is 42.7 Å². The second-order valence-electron chi connectivity index (χ2n) is 17.0. The molecule has 0 aliphatic carbocycles. The van der Waals surface area contributed by atoms with Gasteiger partial charge in [-0.15, -0.1) is 0 Å². The number of hydrogen-bond donors (Lipinski definition) is 3. The van der Waals surface area contributed by atoms with E-state index in [1.165, 1.54) is 10.8 Å². The van der Waals surface area contributed by atoms with Gasteiger partial charge in [0.1, 0.15) is 12.3 Å². The summed E-state index contributed by atoms with van der Waals surface area (Å²) in [4.78, 5) is 52.4. The van der Waals surface area contributed by atoms with Gasteiger partial charge in [0.05, 0.1) is 63.8 Å². The molecule has 19 heteroatoms. The number of ether oxygens (including phenoxy) is 3. The number of carbonyl (C=O) groups is 2. The minimum atomic E-state index is -3.12. The molecule has 1 saturated heterocycles. The number of hydrogen-bond acceptors (Lipinski definition) is 13. The summed E-state index contributed by atoms with van der Waals surface area (Å²) in [5.74, 6) is -0.300. The lowest BCUT2D eigenvalue weighted by atomic mass is 9.92. The van der Waals surface area contributed by atoms with E-state index >= 15 is 0 Å². The summed E-state index contributed by atoms with van der Waals surface area (Å²) in [6, 6.07) is 2.27. The van der Waals surface area contributed by atoms with Crippen LogP contribution in [0.5, 0.6) is 0 Å². The summed E-state index contributed by atoms with van der Waals surface area (Å²) in [5.41, 5.74) is -0.847. The Balaban J connectivity index is 2.24. The molecule has 1 aliphatic rings. The maximum absolute atomic E-state index is 13.1. The van der Waals surface area contributed by atoms with Crippen LogP contribution in [0.15, 0.2) is 27.9 Å². The molecule has 0 radical (unpaired) electrons. The van der Waals surface area contributed by atoms with Crippen molar-refractivity contribution in [3.05, 3.63) is 44.8 Å². The van der Waals surface area contributed by atoms with Crippen molar-refractivity contribution in [3.8, 4) is 6.07 Å². The number of aryl methyl sites for hydroxylation is 1. The van der Waals surface area contributed by atoms with E-state index < -0.39 is 52.4 Å². The fourth-order valence-corrected chi connectivity index (χ4v) is 13.1. The molecule has 2 heterocycles. The normalized spacial score (nSPS) is 17.6. The Morgan fingerprint density at radius 3 is 2.15 bits per heavy atom. The average molecular weight is 913 g/mol. The van der Waals surface area contributed by atoms with Gasteiger partial charge in [0.25, 0.3) is 14.1 Å². The highest BCUT2D eigenvalue weighted by atomic mass is 31.2. The SMILES string of the molecule is C=C(C)C(=O)NCCOCCOCCNC(=O)CCC(CC)(CC)O[Si](OC[C@H]1O[C@@H](n2cc(C)c(=O)[nH]c2=O)C[C@H]1OP(OCCC#N)N(C(C)C)C(C)C)(C(C)C)C(C)C. The van der Waals surface area contributed by atoms with Crippen LogP contribution in [0.25, 0.3) is 0 Å². The standard InChI is InChI=1S/C43H77N6O11PSi/c1-14-43(15-2,18-17-38(50)45-20-23-54-25-26-55-24-21-46-40(51)30(3)4)60-62(33(9)10,34(11)12)57-29-37-36(27-39(58-37)48-28-35(13)41(52)47-42(48)53)59-61(56-22-16-19-44)49(31(5)6)32(7)8/h28,31-34,36-37,39H,3,14-18,20-27,29H2,1-2,4-13H3,(H,45,50)(H,46,51)(H,47,52,53)/t36-,37-,39-,61?/m1/s1. The van der Waals surface area contributed by atoms with E-state index in [1.807, 2.05) is 0 Å². The molecule has 62 heavy (non-hydrogen) atoms. The predicted octanol–water partition coefficient (Wildman–Crippen LogP) is 6.27. The third kappa shape index (κ3) is 17.0. The van der Waals surface area contributed by atoms with E-state index in [-0.39, 0.29) is 67.5 Å². The largest absolute Gasteiger partial charge is 0.391 e. The van der Waals surface area contributed by atoms with Gasteiger partial charge in [0.15, 0.2) is 0 Å². The lowest BCUT2D eigenvalue weighted by molar-refractivity contribution is -0.123.